The van der Waals surface area contributed by atoms with E-state index in [0.717, 1.165) is 0 Å². The standard InChI is InChI=1S/C8H17NO4S/c1-13-5-2-6-14(11,12)9-4-3-8(10)7-9/h8,10H,2-7H2,1H3/t8-/m0/s1. The molecule has 1 fully saturated rings. The van der Waals surface area contributed by atoms with Gasteiger partial charge in [-0.1, -0.05) is 0 Å². The van der Waals surface area contributed by atoms with E-state index in [2.05, 4.69) is 0 Å². The predicted octanol–water partition coefficient (Wildman–Crippen LogP) is -0.581. The van der Waals surface area contributed by atoms with Crippen LogP contribution in [0.2, 0.25) is 0 Å². The molecule has 1 N–H and O–H groups in total. The third-order valence-electron chi connectivity index (χ3n) is 2.27. The first-order chi connectivity index (χ1) is 6.56. The molecule has 1 heterocycles. The molecule has 0 bridgehead atoms. The van der Waals surface area contributed by atoms with Crippen molar-refractivity contribution in [3.63, 3.8) is 0 Å². The fourth-order valence-corrected chi connectivity index (χ4v) is 3.00. The van der Waals surface area contributed by atoms with Gasteiger partial charge in [-0.15, -0.1) is 0 Å². The van der Waals surface area contributed by atoms with Crippen LogP contribution in [0.3, 0.4) is 0 Å². The van der Waals surface area contributed by atoms with Gasteiger partial charge in [-0.2, -0.15) is 4.31 Å². The van der Waals surface area contributed by atoms with Gasteiger partial charge in [-0.3, -0.25) is 0 Å². The van der Waals surface area contributed by atoms with Crippen LogP contribution in [0.1, 0.15) is 12.8 Å². The van der Waals surface area contributed by atoms with Crippen LogP contribution >= 0.6 is 0 Å². The molecule has 1 atom stereocenters. The predicted molar refractivity (Wildman–Crippen MR) is 52.5 cm³/mol. The number of sulfonamides is 1. The Hall–Kier alpha value is -0.170. The van der Waals surface area contributed by atoms with Crippen molar-refractivity contribution < 1.29 is 18.3 Å². The number of aliphatic hydroxyl groups is 1. The summed E-state index contributed by atoms with van der Waals surface area (Å²) in [7, 11) is -1.62. The second-order valence-electron chi connectivity index (χ2n) is 3.46. The molecule has 0 unspecified atom stereocenters. The van der Waals surface area contributed by atoms with Crippen molar-refractivity contribution in [2.75, 3.05) is 32.6 Å². The molecule has 5 nitrogen and oxygen atoms in total. The van der Waals surface area contributed by atoms with Crippen molar-refractivity contribution in [2.45, 2.75) is 18.9 Å². The van der Waals surface area contributed by atoms with Crippen molar-refractivity contribution >= 4 is 10.0 Å². The van der Waals surface area contributed by atoms with Crippen LogP contribution in [0, 0.1) is 0 Å². The van der Waals surface area contributed by atoms with Gasteiger partial charge >= 0.3 is 0 Å². The zero-order valence-corrected chi connectivity index (χ0v) is 9.16. The minimum Gasteiger partial charge on any atom is -0.392 e. The molecule has 6 heteroatoms. The Balaban J connectivity index is 2.41. The van der Waals surface area contributed by atoms with Gasteiger partial charge in [-0.05, 0) is 12.8 Å². The van der Waals surface area contributed by atoms with E-state index in [1.165, 1.54) is 4.31 Å². The van der Waals surface area contributed by atoms with Gasteiger partial charge in [0.05, 0.1) is 11.9 Å². The van der Waals surface area contributed by atoms with Gasteiger partial charge in [0, 0.05) is 26.8 Å². The van der Waals surface area contributed by atoms with Gasteiger partial charge in [0.15, 0.2) is 0 Å². The van der Waals surface area contributed by atoms with Gasteiger partial charge in [0.1, 0.15) is 0 Å². The zero-order chi connectivity index (χ0) is 10.6. The summed E-state index contributed by atoms with van der Waals surface area (Å²) in [6.07, 6.45) is 0.557. The molecule has 84 valence electrons. The number of nitrogens with zero attached hydrogens (tertiary/aromatic N) is 1. The zero-order valence-electron chi connectivity index (χ0n) is 8.35. The SMILES string of the molecule is COCCCS(=O)(=O)N1CC[C@H](O)C1. The summed E-state index contributed by atoms with van der Waals surface area (Å²) >= 11 is 0. The fourth-order valence-electron chi connectivity index (χ4n) is 1.48. The minimum atomic E-state index is -3.17. The minimum absolute atomic E-state index is 0.105. The molecule has 1 saturated heterocycles. The fraction of sp³-hybridized carbons (Fsp3) is 1.00. The van der Waals surface area contributed by atoms with E-state index >= 15 is 0 Å². The average molecular weight is 223 g/mol. The smallest absolute Gasteiger partial charge is 0.214 e. The number of β-amino-alcohol motifs (C(OH)–C–C–N with tert-alkyl or cyclic N) is 1. The Kier molecular flexibility index (Phi) is 4.31. The highest BCUT2D eigenvalue weighted by molar-refractivity contribution is 7.89. The van der Waals surface area contributed by atoms with E-state index in [4.69, 9.17) is 4.74 Å². The van der Waals surface area contributed by atoms with Gasteiger partial charge in [0.25, 0.3) is 0 Å². The molecule has 0 aromatic heterocycles. The first-order valence-corrected chi connectivity index (χ1v) is 6.32. The maximum absolute atomic E-state index is 11.6. The van der Waals surface area contributed by atoms with E-state index in [1.807, 2.05) is 0 Å². The van der Waals surface area contributed by atoms with Crippen LogP contribution in [-0.2, 0) is 14.8 Å². The average Bonchev–Trinajstić information content (AvgIpc) is 2.53. The number of hydrogen-bond donors (Lipinski definition) is 1. The number of rotatable bonds is 5. The lowest BCUT2D eigenvalue weighted by molar-refractivity contribution is 0.188. The van der Waals surface area contributed by atoms with Crippen molar-refractivity contribution in [1.82, 2.24) is 4.31 Å². The Morgan fingerprint density at radius 3 is 2.79 bits per heavy atom. The van der Waals surface area contributed by atoms with E-state index in [0.29, 0.717) is 26.0 Å². The number of aliphatic hydroxyl groups excluding tert-OH is 1. The molecule has 0 radical (unpaired) electrons. The summed E-state index contributed by atoms with van der Waals surface area (Å²) in [5.74, 6) is 0.105. The normalized spacial score (nSPS) is 24.3. The number of ether oxygens (including phenoxy) is 1. The lowest BCUT2D eigenvalue weighted by Gasteiger charge is -2.15. The van der Waals surface area contributed by atoms with E-state index in [9.17, 15) is 13.5 Å². The Morgan fingerprint density at radius 2 is 2.29 bits per heavy atom. The molecule has 1 aliphatic rings. The Labute approximate surface area is 84.7 Å². The molecular weight excluding hydrogens is 206 g/mol. The van der Waals surface area contributed by atoms with Gasteiger partial charge in [-0.25, -0.2) is 8.42 Å². The van der Waals surface area contributed by atoms with Crippen molar-refractivity contribution in [3.8, 4) is 0 Å². The first-order valence-electron chi connectivity index (χ1n) is 4.71. The number of hydrogen-bond acceptors (Lipinski definition) is 4. The maximum Gasteiger partial charge on any atom is 0.214 e. The lowest BCUT2D eigenvalue weighted by atomic mass is 10.3. The van der Waals surface area contributed by atoms with Crippen LogP contribution in [0.15, 0.2) is 0 Å². The summed E-state index contributed by atoms with van der Waals surface area (Å²) in [5.41, 5.74) is 0. The summed E-state index contributed by atoms with van der Waals surface area (Å²) in [4.78, 5) is 0. The molecule has 0 aliphatic carbocycles. The highest BCUT2D eigenvalue weighted by Gasteiger charge is 2.29. The Morgan fingerprint density at radius 1 is 1.57 bits per heavy atom. The summed E-state index contributed by atoms with van der Waals surface area (Å²) < 4.78 is 29.4. The highest BCUT2D eigenvalue weighted by atomic mass is 32.2. The highest BCUT2D eigenvalue weighted by Crippen LogP contribution is 2.14. The van der Waals surface area contributed by atoms with Gasteiger partial charge in [0.2, 0.25) is 10.0 Å². The van der Waals surface area contributed by atoms with Crippen LogP contribution < -0.4 is 0 Å². The summed E-state index contributed by atoms with van der Waals surface area (Å²) in [6.45, 7) is 1.14. The second kappa shape index (κ2) is 5.06. The third kappa shape index (κ3) is 3.20. The molecule has 1 aliphatic heterocycles. The summed E-state index contributed by atoms with van der Waals surface area (Å²) in [6, 6.07) is 0. The third-order valence-corrected chi connectivity index (χ3v) is 4.19. The molecule has 14 heavy (non-hydrogen) atoms. The monoisotopic (exact) mass is 223 g/mol. The molecular formula is C8H17NO4S. The van der Waals surface area contributed by atoms with E-state index in [-0.39, 0.29) is 12.3 Å². The molecule has 1 rings (SSSR count). The van der Waals surface area contributed by atoms with Crippen LogP contribution in [0.4, 0.5) is 0 Å². The molecule has 0 saturated carbocycles. The second-order valence-corrected chi connectivity index (χ2v) is 5.55. The van der Waals surface area contributed by atoms with Crippen LogP contribution in [-0.4, -0.2) is 56.5 Å². The van der Waals surface area contributed by atoms with E-state index < -0.39 is 16.1 Å². The molecule has 0 aromatic carbocycles. The maximum atomic E-state index is 11.6. The number of methoxy groups -OCH3 is 1. The lowest BCUT2D eigenvalue weighted by Crippen LogP contribution is -2.32. The van der Waals surface area contributed by atoms with Crippen LogP contribution in [0.5, 0.6) is 0 Å². The summed E-state index contributed by atoms with van der Waals surface area (Å²) in [5, 5.41) is 9.20. The Bertz CT molecular complexity index is 265. The molecule has 0 spiro atoms. The van der Waals surface area contributed by atoms with Crippen molar-refractivity contribution in [2.24, 2.45) is 0 Å². The van der Waals surface area contributed by atoms with Gasteiger partial charge < -0.3 is 9.84 Å². The molecule has 0 aromatic rings. The topological polar surface area (TPSA) is 66.8 Å². The van der Waals surface area contributed by atoms with E-state index in [1.54, 1.807) is 7.11 Å². The quantitative estimate of drug-likeness (QED) is 0.633. The largest absolute Gasteiger partial charge is 0.392 e. The van der Waals surface area contributed by atoms with Crippen molar-refractivity contribution in [1.29, 1.82) is 0 Å². The molecule has 0 amide bonds. The van der Waals surface area contributed by atoms with Crippen LogP contribution in [0.25, 0.3) is 0 Å². The first kappa shape index (κ1) is 11.9. The van der Waals surface area contributed by atoms with Crippen molar-refractivity contribution in [3.05, 3.63) is 0 Å².